The molecule has 2 rings (SSSR count). The molecule has 35 heavy (non-hydrogen) atoms. The Morgan fingerprint density at radius 3 is 2.37 bits per heavy atom. The zero-order valence-electron chi connectivity index (χ0n) is 21.6. The van der Waals surface area contributed by atoms with Crippen LogP contribution < -0.4 is 10.5 Å². The molecule has 0 fully saturated rings. The Hall–Kier alpha value is -3.42. The van der Waals surface area contributed by atoms with Gasteiger partial charge in [-0.25, -0.2) is 4.79 Å². The molecular weight excluding hydrogens is 446 g/mol. The second kappa shape index (κ2) is 11.8. The number of nitrogens with zero attached hydrogens (tertiary/aromatic N) is 2. The molecule has 2 aromatic rings. The zero-order valence-corrected chi connectivity index (χ0v) is 21.6. The van der Waals surface area contributed by atoms with Crippen LogP contribution in [0.25, 0.3) is 0 Å². The van der Waals surface area contributed by atoms with Gasteiger partial charge in [0.2, 0.25) is 0 Å². The van der Waals surface area contributed by atoms with Crippen molar-refractivity contribution >= 4 is 17.5 Å². The summed E-state index contributed by atoms with van der Waals surface area (Å²) in [5.74, 6) is 0.157. The summed E-state index contributed by atoms with van der Waals surface area (Å²) in [6, 6.07) is 12.0. The second-order valence-electron chi connectivity index (χ2n) is 9.89. The van der Waals surface area contributed by atoms with Crippen molar-refractivity contribution in [3.05, 3.63) is 69.3 Å². The van der Waals surface area contributed by atoms with Crippen molar-refractivity contribution in [3.63, 3.8) is 0 Å². The number of hydrogen-bond donors (Lipinski definition) is 1. The van der Waals surface area contributed by atoms with E-state index in [9.17, 15) is 14.9 Å². The first-order chi connectivity index (χ1) is 16.4. The number of carbonyl (C=O) groups excluding carboxylic acids is 1. The van der Waals surface area contributed by atoms with Gasteiger partial charge in [0.05, 0.1) is 18.0 Å². The van der Waals surface area contributed by atoms with Crippen molar-refractivity contribution in [2.45, 2.75) is 78.1 Å². The van der Waals surface area contributed by atoms with E-state index in [2.05, 4.69) is 58.8 Å². The number of hydrogen-bond acceptors (Lipinski definition) is 6. The number of carbonyl (C=O) groups is 1. The largest absolute Gasteiger partial charge is 0.493 e. The number of benzene rings is 2. The number of nitro benzene ring substituents is 1. The van der Waals surface area contributed by atoms with Crippen LogP contribution >= 0.6 is 0 Å². The molecular formula is C27H37N3O5. The molecule has 0 radical (unpaired) electrons. The van der Waals surface area contributed by atoms with Gasteiger partial charge in [-0.05, 0) is 41.7 Å². The van der Waals surface area contributed by atoms with Gasteiger partial charge in [0.25, 0.3) is 5.69 Å². The van der Waals surface area contributed by atoms with Crippen molar-refractivity contribution in [3.8, 4) is 5.75 Å². The first-order valence-electron chi connectivity index (χ1n) is 12.0. The van der Waals surface area contributed by atoms with E-state index in [-0.39, 0.29) is 28.8 Å². The smallest absolute Gasteiger partial charge is 0.335 e. The minimum Gasteiger partial charge on any atom is -0.493 e. The maximum Gasteiger partial charge on any atom is 0.335 e. The predicted octanol–water partition coefficient (Wildman–Crippen LogP) is 5.99. The van der Waals surface area contributed by atoms with Gasteiger partial charge >= 0.3 is 5.97 Å². The van der Waals surface area contributed by atoms with Crippen molar-refractivity contribution in [2.24, 2.45) is 10.9 Å². The molecule has 8 nitrogen and oxygen atoms in total. The highest BCUT2D eigenvalue weighted by molar-refractivity contribution is 5.97. The fourth-order valence-corrected chi connectivity index (χ4v) is 3.38. The number of rotatable bonds is 12. The minimum atomic E-state index is -0.559. The highest BCUT2D eigenvalue weighted by atomic mass is 16.7. The molecule has 0 amide bonds. The fourth-order valence-electron chi connectivity index (χ4n) is 3.38. The molecule has 0 bridgehead atoms. The Morgan fingerprint density at radius 2 is 1.74 bits per heavy atom. The van der Waals surface area contributed by atoms with Crippen LogP contribution in [0.4, 0.5) is 5.69 Å². The molecule has 190 valence electrons. The lowest BCUT2D eigenvalue weighted by Gasteiger charge is -2.30. The number of ether oxygens (including phenoxy) is 1. The molecule has 0 aliphatic carbocycles. The predicted molar refractivity (Wildman–Crippen MR) is 138 cm³/mol. The van der Waals surface area contributed by atoms with Crippen LogP contribution in [0.5, 0.6) is 5.75 Å². The highest BCUT2D eigenvalue weighted by Crippen LogP contribution is 2.38. The first kappa shape index (κ1) is 27.8. The van der Waals surface area contributed by atoms with Crippen LogP contribution in [-0.2, 0) is 20.5 Å². The molecule has 8 heteroatoms. The normalized spacial score (nSPS) is 12.3. The Balaban J connectivity index is 1.97. The van der Waals surface area contributed by atoms with Gasteiger partial charge in [-0.2, -0.15) is 0 Å². The monoisotopic (exact) mass is 483 g/mol. The van der Waals surface area contributed by atoms with E-state index in [1.54, 1.807) is 6.07 Å². The summed E-state index contributed by atoms with van der Waals surface area (Å²) >= 11 is 0. The van der Waals surface area contributed by atoms with E-state index in [0.29, 0.717) is 18.6 Å². The second-order valence-corrected chi connectivity index (χ2v) is 9.89. The number of nitrogens with two attached hydrogens (primary N) is 1. The van der Waals surface area contributed by atoms with Gasteiger partial charge in [-0.1, -0.05) is 71.0 Å². The quantitative estimate of drug-likeness (QED) is 0.0989. The van der Waals surface area contributed by atoms with E-state index in [4.69, 9.17) is 15.3 Å². The lowest BCUT2D eigenvalue weighted by atomic mass is 9.76. The van der Waals surface area contributed by atoms with E-state index >= 15 is 0 Å². The van der Waals surface area contributed by atoms with Crippen LogP contribution in [0.2, 0.25) is 0 Å². The summed E-state index contributed by atoms with van der Waals surface area (Å²) in [5, 5.41) is 14.5. The van der Waals surface area contributed by atoms with E-state index in [0.717, 1.165) is 24.2 Å². The van der Waals surface area contributed by atoms with Gasteiger partial charge in [0.1, 0.15) is 5.75 Å². The Labute approximate surface area is 207 Å². The Kier molecular flexibility index (Phi) is 9.40. The average molecular weight is 484 g/mol. The van der Waals surface area contributed by atoms with Crippen molar-refractivity contribution < 1.29 is 19.3 Å². The van der Waals surface area contributed by atoms with Crippen molar-refractivity contribution in [1.29, 1.82) is 0 Å². The van der Waals surface area contributed by atoms with Crippen molar-refractivity contribution in [2.75, 3.05) is 6.61 Å². The maximum absolute atomic E-state index is 12.1. The molecule has 2 N–H and O–H groups in total. The lowest BCUT2D eigenvalue weighted by molar-refractivity contribution is -0.384. The topological polar surface area (TPSA) is 117 Å². The molecule has 0 aliphatic heterocycles. The number of nitro groups is 1. The van der Waals surface area contributed by atoms with E-state index < -0.39 is 10.9 Å². The fraction of sp³-hybridized carbons (Fsp3) is 0.481. The Morgan fingerprint density at radius 1 is 1.06 bits per heavy atom. The number of oxime groups is 1. The molecule has 0 saturated carbocycles. The van der Waals surface area contributed by atoms with E-state index in [1.807, 2.05) is 6.07 Å². The summed E-state index contributed by atoms with van der Waals surface area (Å²) < 4.78 is 6.08. The molecule has 0 atom stereocenters. The third-order valence-electron chi connectivity index (χ3n) is 6.64. The van der Waals surface area contributed by atoms with E-state index in [1.165, 1.54) is 23.8 Å². The van der Waals surface area contributed by atoms with Gasteiger partial charge in [-0.15, -0.1) is 0 Å². The van der Waals surface area contributed by atoms with Crippen LogP contribution in [0, 0.1) is 10.1 Å². The SMILES string of the molecule is CCC(C)(C)c1ccc(OCCCC(=O)O/N=C(/N)c2cccc([N+](=O)[O-])c2)c(C(C)(C)CC)c1. The van der Waals surface area contributed by atoms with Crippen LogP contribution in [0.1, 0.15) is 83.9 Å². The van der Waals surface area contributed by atoms with Crippen molar-refractivity contribution in [1.82, 2.24) is 0 Å². The molecule has 0 unspecified atom stereocenters. The molecule has 0 aliphatic rings. The number of non-ortho nitro benzene ring substituents is 1. The summed E-state index contributed by atoms with van der Waals surface area (Å²) in [7, 11) is 0. The summed E-state index contributed by atoms with van der Waals surface area (Å²) in [4.78, 5) is 27.3. The third-order valence-corrected chi connectivity index (χ3v) is 6.64. The minimum absolute atomic E-state index is 0.0488. The van der Waals surface area contributed by atoms with Gasteiger partial charge in [-0.3, -0.25) is 10.1 Å². The molecule has 0 spiro atoms. The maximum atomic E-state index is 12.1. The standard InChI is InChI=1S/C27H37N3O5/c1-7-26(3,4)20-14-15-23(22(18-20)27(5,6)8-2)34-16-10-13-24(31)35-29-25(28)19-11-9-12-21(17-19)30(32)33/h9,11-12,14-15,17-18H,7-8,10,13,16H2,1-6H3,(H2,28,29). The Bertz CT molecular complexity index is 1080. The average Bonchev–Trinajstić information content (AvgIpc) is 2.85. The highest BCUT2D eigenvalue weighted by Gasteiger charge is 2.26. The third kappa shape index (κ3) is 7.53. The summed E-state index contributed by atoms with van der Waals surface area (Å²) in [6.07, 6.45) is 2.55. The zero-order chi connectivity index (χ0) is 26.2. The first-order valence-corrected chi connectivity index (χ1v) is 12.0. The summed E-state index contributed by atoms with van der Waals surface area (Å²) in [5.41, 5.74) is 8.45. The lowest BCUT2D eigenvalue weighted by Crippen LogP contribution is -2.21. The van der Waals surface area contributed by atoms with Crippen LogP contribution in [0.15, 0.2) is 47.6 Å². The molecule has 0 heterocycles. The van der Waals surface area contributed by atoms with Gasteiger partial charge in [0, 0.05) is 23.3 Å². The van der Waals surface area contributed by atoms with Crippen LogP contribution in [-0.4, -0.2) is 23.3 Å². The van der Waals surface area contributed by atoms with Crippen LogP contribution in [0.3, 0.4) is 0 Å². The number of amidine groups is 1. The molecule has 2 aromatic carbocycles. The summed E-state index contributed by atoms with van der Waals surface area (Å²) in [6.45, 7) is 13.6. The molecule has 0 aromatic heterocycles. The molecule has 0 saturated heterocycles. The van der Waals surface area contributed by atoms with Gasteiger partial charge in [0.15, 0.2) is 5.84 Å². The van der Waals surface area contributed by atoms with Gasteiger partial charge < -0.3 is 15.3 Å².